The van der Waals surface area contributed by atoms with Gasteiger partial charge < -0.3 is 10.1 Å². The lowest BCUT2D eigenvalue weighted by molar-refractivity contribution is -0.137. The number of aryl methyl sites for hydroxylation is 1. The van der Waals surface area contributed by atoms with Crippen molar-refractivity contribution in [3.8, 4) is 5.75 Å². The second kappa shape index (κ2) is 8.42. The Morgan fingerprint density at radius 1 is 1.21 bits per heavy atom. The first-order valence-electron chi connectivity index (χ1n) is 9.40. The molecular weight excluding hydrogens is 383 g/mol. The van der Waals surface area contributed by atoms with Gasteiger partial charge in [-0.15, -0.1) is 0 Å². The van der Waals surface area contributed by atoms with Crippen molar-refractivity contribution in [3.63, 3.8) is 0 Å². The van der Waals surface area contributed by atoms with Crippen LogP contribution in [0.2, 0.25) is 0 Å². The van der Waals surface area contributed by atoms with Gasteiger partial charge in [0.15, 0.2) is 6.10 Å². The molecule has 2 aromatic carbocycles. The van der Waals surface area contributed by atoms with Crippen LogP contribution in [0.25, 0.3) is 0 Å². The van der Waals surface area contributed by atoms with Crippen LogP contribution >= 0.6 is 0 Å². The largest absolute Gasteiger partial charge is 0.481 e. The predicted molar refractivity (Wildman–Crippen MR) is 104 cm³/mol. The maximum absolute atomic E-state index is 12.9. The van der Waals surface area contributed by atoms with E-state index in [9.17, 15) is 18.0 Å². The summed E-state index contributed by atoms with van der Waals surface area (Å²) in [5.74, 6) is -0.450. The van der Waals surface area contributed by atoms with E-state index in [0.29, 0.717) is 11.7 Å². The van der Waals surface area contributed by atoms with E-state index in [1.165, 1.54) is 19.1 Å². The predicted octanol–water partition coefficient (Wildman–Crippen LogP) is 4.35. The Morgan fingerprint density at radius 3 is 2.62 bits per heavy atom. The van der Waals surface area contributed by atoms with Gasteiger partial charge in [0.2, 0.25) is 0 Å². The zero-order chi connectivity index (χ0) is 21.2. The SMILES string of the molecule is Cc1ccc(NC(=O)C(C)Oc2cccc(C(F)(F)F)c2)c(C2CC(C)NN2)c1. The van der Waals surface area contributed by atoms with Crippen LogP contribution in [-0.4, -0.2) is 18.1 Å². The topological polar surface area (TPSA) is 62.4 Å². The third-order valence-electron chi connectivity index (χ3n) is 4.78. The number of nitrogens with one attached hydrogen (secondary N) is 3. The number of amides is 1. The number of alkyl halides is 3. The Hall–Kier alpha value is -2.58. The Labute approximate surface area is 167 Å². The third-order valence-corrected chi connectivity index (χ3v) is 4.78. The molecule has 156 valence electrons. The van der Waals surface area contributed by atoms with Gasteiger partial charge in [-0.05, 0) is 57.0 Å². The summed E-state index contributed by atoms with van der Waals surface area (Å²) in [4.78, 5) is 12.6. The van der Waals surface area contributed by atoms with Crippen molar-refractivity contribution in [1.29, 1.82) is 0 Å². The van der Waals surface area contributed by atoms with E-state index in [0.717, 1.165) is 29.7 Å². The summed E-state index contributed by atoms with van der Waals surface area (Å²) < 4.78 is 44.0. The highest BCUT2D eigenvalue weighted by molar-refractivity contribution is 5.95. The first-order valence-corrected chi connectivity index (χ1v) is 9.40. The second-order valence-corrected chi connectivity index (χ2v) is 7.34. The highest BCUT2D eigenvalue weighted by atomic mass is 19.4. The summed E-state index contributed by atoms with van der Waals surface area (Å²) in [6, 6.07) is 10.6. The molecule has 1 heterocycles. The zero-order valence-corrected chi connectivity index (χ0v) is 16.4. The molecule has 1 saturated heterocycles. The van der Waals surface area contributed by atoms with Gasteiger partial charge in [-0.2, -0.15) is 13.2 Å². The highest BCUT2D eigenvalue weighted by Crippen LogP contribution is 2.32. The maximum atomic E-state index is 12.9. The quantitative estimate of drug-likeness (QED) is 0.690. The number of hydrogen-bond donors (Lipinski definition) is 3. The van der Waals surface area contributed by atoms with Gasteiger partial charge in [-0.3, -0.25) is 10.2 Å². The van der Waals surface area contributed by atoms with E-state index >= 15 is 0 Å². The van der Waals surface area contributed by atoms with E-state index in [1.807, 2.05) is 25.1 Å². The van der Waals surface area contributed by atoms with Gasteiger partial charge in [0.05, 0.1) is 5.56 Å². The summed E-state index contributed by atoms with van der Waals surface area (Å²) in [7, 11) is 0. The molecule has 1 aliphatic heterocycles. The molecule has 5 nitrogen and oxygen atoms in total. The molecule has 0 radical (unpaired) electrons. The van der Waals surface area contributed by atoms with Gasteiger partial charge in [0, 0.05) is 17.8 Å². The first kappa shape index (κ1) is 21.1. The molecule has 0 saturated carbocycles. The Bertz CT molecular complexity index is 886. The number of ether oxygens (including phenoxy) is 1. The van der Waals surface area contributed by atoms with Crippen molar-refractivity contribution in [1.82, 2.24) is 10.9 Å². The van der Waals surface area contributed by atoms with Gasteiger partial charge in [0.25, 0.3) is 5.91 Å². The van der Waals surface area contributed by atoms with Crippen LogP contribution in [0.3, 0.4) is 0 Å². The van der Waals surface area contributed by atoms with Crippen LogP contribution in [0.5, 0.6) is 5.75 Å². The molecule has 0 bridgehead atoms. The van der Waals surface area contributed by atoms with Crippen LogP contribution in [0.4, 0.5) is 18.9 Å². The van der Waals surface area contributed by atoms with Crippen LogP contribution in [0, 0.1) is 6.92 Å². The average molecular weight is 407 g/mol. The molecule has 8 heteroatoms. The van der Waals surface area contributed by atoms with Crippen molar-refractivity contribution < 1.29 is 22.7 Å². The summed E-state index contributed by atoms with van der Waals surface area (Å²) in [6.45, 7) is 5.53. The fourth-order valence-corrected chi connectivity index (χ4v) is 3.24. The van der Waals surface area contributed by atoms with Gasteiger partial charge >= 0.3 is 6.18 Å². The summed E-state index contributed by atoms with van der Waals surface area (Å²) in [5.41, 5.74) is 8.21. The van der Waals surface area contributed by atoms with E-state index < -0.39 is 23.8 Å². The molecule has 2 aromatic rings. The molecule has 1 fully saturated rings. The normalized spacial score (nSPS) is 20.3. The zero-order valence-electron chi connectivity index (χ0n) is 16.4. The Morgan fingerprint density at radius 2 is 1.97 bits per heavy atom. The molecule has 3 unspecified atom stereocenters. The fraction of sp³-hybridized carbons (Fsp3) is 0.381. The van der Waals surface area contributed by atoms with E-state index in [1.54, 1.807) is 0 Å². The maximum Gasteiger partial charge on any atom is 0.416 e. The fourth-order valence-electron chi connectivity index (χ4n) is 3.24. The standard InChI is InChI=1S/C21H24F3N3O2/c1-12-7-8-18(17(9-12)19-10-13(2)26-27-19)25-20(28)14(3)29-16-6-4-5-15(11-16)21(22,23)24/h4-9,11,13-14,19,26-27H,10H2,1-3H3,(H,25,28). The van der Waals surface area contributed by atoms with E-state index in [4.69, 9.17) is 4.74 Å². The Balaban J connectivity index is 1.72. The average Bonchev–Trinajstić information content (AvgIpc) is 3.09. The first-order chi connectivity index (χ1) is 13.6. The molecule has 0 aromatic heterocycles. The second-order valence-electron chi connectivity index (χ2n) is 7.34. The third kappa shape index (κ3) is 5.27. The van der Waals surface area contributed by atoms with Crippen molar-refractivity contribution in [2.24, 2.45) is 0 Å². The molecular formula is C21H24F3N3O2. The van der Waals surface area contributed by atoms with Crippen molar-refractivity contribution in [2.45, 2.75) is 51.6 Å². The van der Waals surface area contributed by atoms with E-state index in [-0.39, 0.29) is 11.8 Å². The number of rotatable bonds is 5. The number of anilines is 1. The minimum atomic E-state index is -4.47. The van der Waals surface area contributed by atoms with Gasteiger partial charge in [-0.1, -0.05) is 23.8 Å². The Kier molecular flexibility index (Phi) is 6.14. The summed E-state index contributed by atoms with van der Waals surface area (Å²) in [6.07, 6.45) is -4.58. The van der Waals surface area contributed by atoms with Gasteiger partial charge in [-0.25, -0.2) is 5.43 Å². The number of carbonyl (C=O) groups excluding carboxylic acids is 1. The molecule has 0 aliphatic carbocycles. The lowest BCUT2D eigenvalue weighted by Gasteiger charge is -2.20. The summed E-state index contributed by atoms with van der Waals surface area (Å²) >= 11 is 0. The smallest absolute Gasteiger partial charge is 0.416 e. The van der Waals surface area contributed by atoms with Crippen LogP contribution in [-0.2, 0) is 11.0 Å². The van der Waals surface area contributed by atoms with Crippen molar-refractivity contribution in [3.05, 3.63) is 59.2 Å². The lowest BCUT2D eigenvalue weighted by Crippen LogP contribution is -2.32. The monoisotopic (exact) mass is 407 g/mol. The van der Waals surface area contributed by atoms with Crippen LogP contribution in [0.15, 0.2) is 42.5 Å². The van der Waals surface area contributed by atoms with E-state index in [2.05, 4.69) is 23.1 Å². The molecule has 1 amide bonds. The van der Waals surface area contributed by atoms with Crippen LogP contribution in [0.1, 0.15) is 43.0 Å². The number of hydrazine groups is 1. The highest BCUT2D eigenvalue weighted by Gasteiger charge is 2.31. The molecule has 3 N–H and O–H groups in total. The minimum absolute atomic E-state index is 0.0120. The molecule has 29 heavy (non-hydrogen) atoms. The summed E-state index contributed by atoms with van der Waals surface area (Å²) in [5, 5.41) is 2.84. The van der Waals surface area contributed by atoms with Crippen LogP contribution < -0.4 is 20.9 Å². The van der Waals surface area contributed by atoms with Crippen molar-refractivity contribution in [2.75, 3.05) is 5.32 Å². The molecule has 3 rings (SSSR count). The molecule has 3 atom stereocenters. The van der Waals surface area contributed by atoms with Gasteiger partial charge in [0.1, 0.15) is 5.75 Å². The number of carbonyl (C=O) groups is 1. The number of benzene rings is 2. The number of halogens is 3. The molecule has 1 aliphatic rings. The lowest BCUT2D eigenvalue weighted by atomic mass is 9.98. The number of hydrogen-bond acceptors (Lipinski definition) is 4. The molecule has 0 spiro atoms. The van der Waals surface area contributed by atoms with Crippen molar-refractivity contribution >= 4 is 11.6 Å². The minimum Gasteiger partial charge on any atom is -0.481 e.